The fourth-order valence-corrected chi connectivity index (χ4v) is 2.84. The van der Waals surface area contributed by atoms with Gasteiger partial charge in [0.15, 0.2) is 6.61 Å². The van der Waals surface area contributed by atoms with Crippen LogP contribution >= 0.6 is 11.8 Å². The molecule has 0 radical (unpaired) electrons. The zero-order chi connectivity index (χ0) is 19.2. The summed E-state index contributed by atoms with van der Waals surface area (Å²) in [5, 5.41) is 13.4. The first-order chi connectivity index (χ1) is 12.3. The quantitative estimate of drug-likeness (QED) is 0.473. The van der Waals surface area contributed by atoms with Gasteiger partial charge in [-0.25, -0.2) is 0 Å². The molecule has 0 atom stereocenters. The van der Waals surface area contributed by atoms with Crippen molar-refractivity contribution in [3.63, 3.8) is 0 Å². The van der Waals surface area contributed by atoms with Crippen LogP contribution in [0.25, 0.3) is 0 Å². The fourth-order valence-electron chi connectivity index (χ4n) is 2.36. The second-order valence-corrected chi connectivity index (χ2v) is 7.14. The van der Waals surface area contributed by atoms with Gasteiger partial charge in [0, 0.05) is 10.6 Å². The average molecular weight is 368 g/mol. The summed E-state index contributed by atoms with van der Waals surface area (Å²) in [7, 11) is 0. The number of rotatable bonds is 6. The van der Waals surface area contributed by atoms with Crippen molar-refractivity contribution >= 4 is 29.3 Å². The molecule has 26 heavy (non-hydrogen) atoms. The summed E-state index contributed by atoms with van der Waals surface area (Å²) in [4.78, 5) is 25.3. The van der Waals surface area contributed by atoms with E-state index in [0.717, 1.165) is 27.8 Å². The number of nitriles is 1. The molecule has 1 amide bonds. The molecule has 0 fully saturated rings. The molecule has 0 aliphatic heterocycles. The van der Waals surface area contributed by atoms with E-state index in [0.29, 0.717) is 5.69 Å². The van der Waals surface area contributed by atoms with Crippen molar-refractivity contribution in [3.8, 4) is 5.40 Å². The van der Waals surface area contributed by atoms with E-state index in [-0.39, 0.29) is 6.61 Å². The number of nitrogens with zero attached hydrogens (tertiary/aromatic N) is 1. The van der Waals surface area contributed by atoms with Crippen molar-refractivity contribution in [2.75, 3.05) is 11.9 Å². The van der Waals surface area contributed by atoms with Crippen LogP contribution in [-0.2, 0) is 19.7 Å². The number of esters is 1. The number of nitrogens with one attached hydrogen (secondary N) is 1. The smallest absolute Gasteiger partial charge is 0.316 e. The summed E-state index contributed by atoms with van der Waals surface area (Å²) >= 11 is 1.06. The first kappa shape index (κ1) is 19.5. The van der Waals surface area contributed by atoms with Crippen LogP contribution < -0.4 is 5.32 Å². The van der Waals surface area contributed by atoms with Crippen molar-refractivity contribution in [1.82, 2.24) is 0 Å². The molecular formula is C20H20N2O3S. The molecule has 5 nitrogen and oxygen atoms in total. The number of hydrogen-bond donors (Lipinski definition) is 1. The zero-order valence-electron chi connectivity index (χ0n) is 14.9. The van der Waals surface area contributed by atoms with E-state index in [9.17, 15) is 9.59 Å². The van der Waals surface area contributed by atoms with Crippen molar-refractivity contribution in [2.24, 2.45) is 0 Å². The van der Waals surface area contributed by atoms with Gasteiger partial charge in [0.25, 0.3) is 5.91 Å². The topological polar surface area (TPSA) is 79.2 Å². The number of aryl methyl sites for hydroxylation is 1. The Labute approximate surface area is 157 Å². The number of anilines is 1. The van der Waals surface area contributed by atoms with E-state index in [1.807, 2.05) is 48.7 Å². The number of carbonyl (C=O) groups excluding carboxylic acids is 2. The van der Waals surface area contributed by atoms with Crippen LogP contribution in [0.4, 0.5) is 5.69 Å². The third-order valence-electron chi connectivity index (χ3n) is 3.98. The third kappa shape index (κ3) is 4.87. The van der Waals surface area contributed by atoms with E-state index in [1.165, 1.54) is 0 Å². The van der Waals surface area contributed by atoms with Crippen LogP contribution in [0, 0.1) is 17.6 Å². The first-order valence-corrected chi connectivity index (χ1v) is 8.85. The van der Waals surface area contributed by atoms with Gasteiger partial charge in [0.1, 0.15) is 5.40 Å². The lowest BCUT2D eigenvalue weighted by Crippen LogP contribution is -2.33. The summed E-state index contributed by atoms with van der Waals surface area (Å²) in [6.45, 7) is 5.00. The maximum absolute atomic E-state index is 12.4. The van der Waals surface area contributed by atoms with E-state index in [4.69, 9.17) is 10.00 Å². The first-order valence-electron chi connectivity index (χ1n) is 8.04. The van der Waals surface area contributed by atoms with Crippen LogP contribution in [0.3, 0.4) is 0 Å². The van der Waals surface area contributed by atoms with Gasteiger partial charge in [0.05, 0.1) is 5.41 Å². The van der Waals surface area contributed by atoms with E-state index < -0.39 is 17.3 Å². The van der Waals surface area contributed by atoms with Gasteiger partial charge < -0.3 is 10.1 Å². The number of hydrogen-bond acceptors (Lipinski definition) is 5. The highest BCUT2D eigenvalue weighted by molar-refractivity contribution is 8.03. The third-order valence-corrected chi connectivity index (χ3v) is 4.56. The maximum atomic E-state index is 12.4. The molecule has 2 aromatic carbocycles. The SMILES string of the molecule is Cc1cc(SC#N)ccc1NC(=O)COC(=O)C(C)(C)c1ccccc1. The maximum Gasteiger partial charge on any atom is 0.316 e. The molecule has 0 aliphatic carbocycles. The molecule has 0 aliphatic rings. The Morgan fingerprint density at radius 3 is 2.50 bits per heavy atom. The highest BCUT2D eigenvalue weighted by Gasteiger charge is 2.31. The number of amides is 1. The van der Waals surface area contributed by atoms with Gasteiger partial charge in [0.2, 0.25) is 0 Å². The number of benzene rings is 2. The molecule has 2 aromatic rings. The van der Waals surface area contributed by atoms with Crippen molar-refractivity contribution in [1.29, 1.82) is 5.26 Å². The molecule has 0 bridgehead atoms. The number of ether oxygens (including phenoxy) is 1. The molecule has 1 N–H and O–H groups in total. The minimum atomic E-state index is -0.840. The van der Waals surface area contributed by atoms with E-state index in [1.54, 1.807) is 26.0 Å². The molecular weight excluding hydrogens is 348 g/mol. The van der Waals surface area contributed by atoms with Gasteiger partial charge in [-0.1, -0.05) is 30.3 Å². The Hall–Kier alpha value is -2.78. The fraction of sp³-hybridized carbons (Fsp3) is 0.250. The molecule has 0 saturated carbocycles. The van der Waals surface area contributed by atoms with Crippen LogP contribution in [0.15, 0.2) is 53.4 Å². The molecule has 0 heterocycles. The number of carbonyl (C=O) groups is 2. The van der Waals surface area contributed by atoms with Crippen molar-refractivity contribution in [2.45, 2.75) is 31.1 Å². The van der Waals surface area contributed by atoms with Gasteiger partial charge in [-0.15, -0.1) is 0 Å². The minimum absolute atomic E-state index is 0.358. The number of thioether (sulfide) groups is 1. The van der Waals surface area contributed by atoms with Gasteiger partial charge in [-0.3, -0.25) is 9.59 Å². The standard InChI is InChI=1S/C20H20N2O3S/c1-14-11-16(26-13-21)9-10-17(14)22-18(23)12-25-19(24)20(2,3)15-7-5-4-6-8-15/h4-11H,12H2,1-3H3,(H,22,23). The van der Waals surface area contributed by atoms with E-state index >= 15 is 0 Å². The zero-order valence-corrected chi connectivity index (χ0v) is 15.7. The average Bonchev–Trinajstić information content (AvgIpc) is 2.63. The van der Waals surface area contributed by atoms with Crippen molar-refractivity contribution in [3.05, 3.63) is 59.7 Å². The van der Waals surface area contributed by atoms with E-state index in [2.05, 4.69) is 5.32 Å². The monoisotopic (exact) mass is 368 g/mol. The summed E-state index contributed by atoms with van der Waals surface area (Å²) in [5.74, 6) is -0.873. The molecule has 0 spiro atoms. The van der Waals surface area contributed by atoms with Gasteiger partial charge in [-0.05, 0) is 61.9 Å². The second kappa shape index (κ2) is 8.54. The lowest BCUT2D eigenvalue weighted by Gasteiger charge is -2.22. The Morgan fingerprint density at radius 1 is 1.19 bits per heavy atom. The van der Waals surface area contributed by atoms with Crippen LogP contribution in [0.1, 0.15) is 25.0 Å². The number of thiocyanates is 1. The molecule has 134 valence electrons. The highest BCUT2D eigenvalue weighted by atomic mass is 32.2. The van der Waals surface area contributed by atoms with Crippen LogP contribution in [0.2, 0.25) is 0 Å². The molecule has 0 saturated heterocycles. The summed E-state index contributed by atoms with van der Waals surface area (Å²) in [5.41, 5.74) is 1.44. The minimum Gasteiger partial charge on any atom is -0.455 e. The predicted octanol–water partition coefficient (Wildman–Crippen LogP) is 4.03. The summed E-state index contributed by atoms with van der Waals surface area (Å²) < 4.78 is 5.20. The van der Waals surface area contributed by atoms with Crippen LogP contribution in [-0.4, -0.2) is 18.5 Å². The van der Waals surface area contributed by atoms with Crippen LogP contribution in [0.5, 0.6) is 0 Å². The molecule has 6 heteroatoms. The van der Waals surface area contributed by atoms with Gasteiger partial charge >= 0.3 is 5.97 Å². The molecule has 2 rings (SSSR count). The largest absolute Gasteiger partial charge is 0.455 e. The molecule has 0 aromatic heterocycles. The summed E-state index contributed by atoms with van der Waals surface area (Å²) in [6, 6.07) is 14.6. The van der Waals surface area contributed by atoms with Crippen molar-refractivity contribution < 1.29 is 14.3 Å². The second-order valence-electron chi connectivity index (χ2n) is 6.29. The van der Waals surface area contributed by atoms with Gasteiger partial charge in [-0.2, -0.15) is 5.26 Å². The predicted molar refractivity (Wildman–Crippen MR) is 102 cm³/mol. The highest BCUT2D eigenvalue weighted by Crippen LogP contribution is 2.25. The Balaban J connectivity index is 1.94. The summed E-state index contributed by atoms with van der Waals surface area (Å²) in [6.07, 6.45) is 0. The lowest BCUT2D eigenvalue weighted by atomic mass is 9.85. The normalized spacial score (nSPS) is 10.7. The molecule has 0 unspecified atom stereocenters. The lowest BCUT2D eigenvalue weighted by molar-refractivity contribution is -0.152. The Kier molecular flexibility index (Phi) is 6.42. The Bertz CT molecular complexity index is 842. The Morgan fingerprint density at radius 2 is 1.88 bits per heavy atom.